The van der Waals surface area contributed by atoms with Crippen LogP contribution in [0.3, 0.4) is 0 Å². The minimum absolute atomic E-state index is 0.0392. The molecule has 0 heterocycles. The predicted octanol–water partition coefficient (Wildman–Crippen LogP) is 2.92. The van der Waals surface area contributed by atoms with Crippen LogP contribution in [0.1, 0.15) is 12.0 Å². The molecule has 0 N–H and O–H groups in total. The van der Waals surface area contributed by atoms with Crippen LogP contribution in [0.2, 0.25) is 0 Å². The monoisotopic (exact) mass is 288 g/mol. The van der Waals surface area contributed by atoms with E-state index in [4.69, 9.17) is 25.8 Å². The fourth-order valence-corrected chi connectivity index (χ4v) is 2.44. The van der Waals surface area contributed by atoms with Gasteiger partial charge in [-0.2, -0.15) is 0 Å². The van der Waals surface area contributed by atoms with Crippen LogP contribution in [0.4, 0.5) is 4.39 Å². The van der Waals surface area contributed by atoms with Gasteiger partial charge in [0.05, 0.1) is 18.6 Å². The molecule has 1 aromatic carbocycles. The Balaban J connectivity index is 1.91. The van der Waals surface area contributed by atoms with E-state index in [2.05, 4.69) is 0 Å². The van der Waals surface area contributed by atoms with Crippen LogP contribution in [-0.2, 0) is 9.47 Å². The molecule has 0 amide bonds. The highest BCUT2D eigenvalue weighted by molar-refractivity contribution is 6.21. The first kappa shape index (κ1) is 14.6. The number of hydrogen-bond acceptors (Lipinski definition) is 3. The van der Waals surface area contributed by atoms with Crippen LogP contribution >= 0.6 is 11.6 Å². The van der Waals surface area contributed by atoms with Crippen LogP contribution in [0, 0.1) is 12.7 Å². The fraction of sp³-hybridized carbons (Fsp3) is 0.571. The molecule has 3 atom stereocenters. The van der Waals surface area contributed by atoms with Crippen LogP contribution in [0.5, 0.6) is 5.75 Å². The lowest BCUT2D eigenvalue weighted by molar-refractivity contribution is -0.0900. The van der Waals surface area contributed by atoms with Gasteiger partial charge in [0.15, 0.2) is 0 Å². The number of rotatable bonds is 6. The second-order valence-electron chi connectivity index (χ2n) is 4.65. The molecule has 1 aliphatic carbocycles. The Labute approximate surface area is 117 Å². The first-order valence-electron chi connectivity index (χ1n) is 6.29. The van der Waals surface area contributed by atoms with Gasteiger partial charge in [-0.05, 0) is 30.7 Å². The standard InChI is InChI=1S/C14H18ClFO3/c1-9-7-10(16)3-4-12(9)19-13-8-11(15)14(13)18-6-5-17-2/h3-4,7,11,13-14H,5-6,8H2,1-2H3. The van der Waals surface area contributed by atoms with E-state index < -0.39 is 0 Å². The van der Waals surface area contributed by atoms with Crippen LogP contribution in [0.25, 0.3) is 0 Å². The van der Waals surface area contributed by atoms with Crippen molar-refractivity contribution in [3.8, 4) is 5.75 Å². The highest BCUT2D eigenvalue weighted by atomic mass is 35.5. The van der Waals surface area contributed by atoms with Crippen molar-refractivity contribution in [1.29, 1.82) is 0 Å². The number of ether oxygens (including phenoxy) is 3. The Bertz CT molecular complexity index is 427. The summed E-state index contributed by atoms with van der Waals surface area (Å²) in [6, 6.07) is 4.48. The second kappa shape index (κ2) is 6.55. The van der Waals surface area contributed by atoms with Crippen molar-refractivity contribution in [3.63, 3.8) is 0 Å². The van der Waals surface area contributed by atoms with Gasteiger partial charge in [-0.1, -0.05) is 0 Å². The average molecular weight is 289 g/mol. The van der Waals surface area contributed by atoms with Crippen molar-refractivity contribution in [2.24, 2.45) is 0 Å². The summed E-state index contributed by atoms with van der Waals surface area (Å²) in [4.78, 5) is 0. The molecule has 1 aromatic rings. The quantitative estimate of drug-likeness (QED) is 0.595. The summed E-state index contributed by atoms with van der Waals surface area (Å²) < 4.78 is 29.4. The van der Waals surface area contributed by atoms with E-state index in [0.717, 1.165) is 12.0 Å². The average Bonchev–Trinajstić information content (AvgIpc) is 2.37. The summed E-state index contributed by atoms with van der Waals surface area (Å²) in [5.41, 5.74) is 0.772. The van der Waals surface area contributed by atoms with E-state index in [-0.39, 0.29) is 23.4 Å². The zero-order chi connectivity index (χ0) is 13.8. The van der Waals surface area contributed by atoms with Gasteiger partial charge in [-0.15, -0.1) is 11.6 Å². The Hall–Kier alpha value is -0.840. The molecule has 5 heteroatoms. The zero-order valence-electron chi connectivity index (χ0n) is 11.1. The topological polar surface area (TPSA) is 27.7 Å². The maximum Gasteiger partial charge on any atom is 0.128 e. The summed E-state index contributed by atoms with van der Waals surface area (Å²) >= 11 is 6.11. The highest BCUT2D eigenvalue weighted by Crippen LogP contribution is 2.34. The molecule has 0 saturated heterocycles. The van der Waals surface area contributed by atoms with Crippen molar-refractivity contribution < 1.29 is 18.6 Å². The smallest absolute Gasteiger partial charge is 0.128 e. The van der Waals surface area contributed by atoms with Crippen molar-refractivity contribution >= 4 is 11.6 Å². The molecule has 0 bridgehead atoms. The van der Waals surface area contributed by atoms with E-state index in [1.165, 1.54) is 12.1 Å². The van der Waals surface area contributed by atoms with Crippen LogP contribution in [-0.4, -0.2) is 37.9 Å². The molecule has 2 rings (SSSR count). The summed E-state index contributed by atoms with van der Waals surface area (Å²) in [6.07, 6.45) is 0.514. The van der Waals surface area contributed by atoms with Gasteiger partial charge in [0.25, 0.3) is 0 Å². The molecule has 106 valence electrons. The summed E-state index contributed by atoms with van der Waals surface area (Å²) in [5, 5.41) is -0.0392. The lowest BCUT2D eigenvalue weighted by Gasteiger charge is -2.40. The van der Waals surface area contributed by atoms with Crippen molar-refractivity contribution in [2.45, 2.75) is 30.9 Å². The highest BCUT2D eigenvalue weighted by Gasteiger charge is 2.42. The maximum atomic E-state index is 13.0. The number of methoxy groups -OCH3 is 1. The van der Waals surface area contributed by atoms with E-state index in [0.29, 0.717) is 19.0 Å². The van der Waals surface area contributed by atoms with E-state index in [1.54, 1.807) is 13.2 Å². The first-order chi connectivity index (χ1) is 9.11. The number of alkyl halides is 1. The number of benzene rings is 1. The van der Waals surface area contributed by atoms with Crippen LogP contribution in [0.15, 0.2) is 18.2 Å². The third-order valence-electron chi connectivity index (χ3n) is 3.19. The molecule has 1 aliphatic rings. The van der Waals surface area contributed by atoms with Crippen LogP contribution < -0.4 is 4.74 Å². The molecular formula is C14H18ClFO3. The Morgan fingerprint density at radius 3 is 2.79 bits per heavy atom. The summed E-state index contributed by atoms with van der Waals surface area (Å²) in [6.45, 7) is 2.84. The van der Waals surface area contributed by atoms with Gasteiger partial charge in [-0.3, -0.25) is 0 Å². The van der Waals surface area contributed by atoms with Gasteiger partial charge < -0.3 is 14.2 Å². The predicted molar refractivity (Wildman–Crippen MR) is 71.4 cm³/mol. The third-order valence-corrected chi connectivity index (χ3v) is 3.62. The van der Waals surface area contributed by atoms with Gasteiger partial charge in [-0.25, -0.2) is 4.39 Å². The lowest BCUT2D eigenvalue weighted by Crippen LogP contribution is -2.53. The number of aryl methyl sites for hydroxylation is 1. The van der Waals surface area contributed by atoms with Gasteiger partial charge in [0.1, 0.15) is 23.8 Å². The molecule has 1 saturated carbocycles. The molecular weight excluding hydrogens is 271 g/mol. The first-order valence-corrected chi connectivity index (χ1v) is 6.73. The van der Waals surface area contributed by atoms with Gasteiger partial charge >= 0.3 is 0 Å². The van der Waals surface area contributed by atoms with Crippen molar-refractivity contribution in [1.82, 2.24) is 0 Å². The van der Waals surface area contributed by atoms with Crippen molar-refractivity contribution in [3.05, 3.63) is 29.6 Å². The third kappa shape index (κ3) is 3.59. The SMILES string of the molecule is COCCOC1C(Cl)CC1Oc1ccc(F)cc1C. The fourth-order valence-electron chi connectivity index (χ4n) is 2.03. The molecule has 3 unspecified atom stereocenters. The number of hydrogen-bond donors (Lipinski definition) is 0. The summed E-state index contributed by atoms with van der Waals surface area (Å²) in [7, 11) is 1.62. The van der Waals surface area contributed by atoms with Gasteiger partial charge in [0, 0.05) is 13.5 Å². The molecule has 0 spiro atoms. The minimum Gasteiger partial charge on any atom is -0.487 e. The van der Waals surface area contributed by atoms with E-state index in [9.17, 15) is 4.39 Å². The molecule has 3 nitrogen and oxygen atoms in total. The lowest BCUT2D eigenvalue weighted by atomic mass is 9.91. The molecule has 1 fully saturated rings. The Kier molecular flexibility index (Phi) is 5.02. The van der Waals surface area contributed by atoms with E-state index >= 15 is 0 Å². The maximum absolute atomic E-state index is 13.0. The molecule has 0 aromatic heterocycles. The zero-order valence-corrected chi connectivity index (χ0v) is 11.8. The van der Waals surface area contributed by atoms with Crippen molar-refractivity contribution in [2.75, 3.05) is 20.3 Å². The Morgan fingerprint density at radius 2 is 2.16 bits per heavy atom. The largest absolute Gasteiger partial charge is 0.487 e. The number of halogens is 2. The Morgan fingerprint density at radius 1 is 1.37 bits per heavy atom. The molecule has 19 heavy (non-hydrogen) atoms. The molecule has 0 aliphatic heterocycles. The minimum atomic E-state index is -0.262. The van der Waals surface area contributed by atoms with E-state index in [1.807, 2.05) is 6.92 Å². The normalized spacial score (nSPS) is 26.0. The second-order valence-corrected chi connectivity index (χ2v) is 5.21. The van der Waals surface area contributed by atoms with Gasteiger partial charge in [0.2, 0.25) is 0 Å². The molecule has 0 radical (unpaired) electrons. The summed E-state index contributed by atoms with van der Waals surface area (Å²) in [5.74, 6) is 0.414.